The Morgan fingerprint density at radius 2 is 0.543 bits per heavy atom. The van der Waals surface area contributed by atoms with Gasteiger partial charge in [-0.1, -0.05) is 218 Å². The van der Waals surface area contributed by atoms with Crippen LogP contribution < -0.4 is 58.0 Å². The van der Waals surface area contributed by atoms with Gasteiger partial charge in [-0.3, -0.25) is 9.13 Å². The summed E-state index contributed by atoms with van der Waals surface area (Å²) in [6.07, 6.45) is -9.89. The first kappa shape index (κ1) is 92.7. The molecule has 2 fully saturated rings. The van der Waals surface area contributed by atoms with Crippen molar-refractivity contribution >= 4 is 40.4 Å². The van der Waals surface area contributed by atoms with Crippen LogP contribution in [0.25, 0.3) is 22.3 Å². The van der Waals surface area contributed by atoms with Crippen molar-refractivity contribution < 1.29 is 89.4 Å². The molecule has 16 aromatic rings. The molecule has 4 aromatic heterocycles. The van der Waals surface area contributed by atoms with Gasteiger partial charge in [0.25, 0.3) is 0 Å². The number of benzene rings is 12. The van der Waals surface area contributed by atoms with E-state index in [4.69, 9.17) is 106 Å². The third-order valence-electron chi connectivity index (χ3n) is 25.9. The molecule has 8 atom stereocenters. The van der Waals surface area contributed by atoms with E-state index in [1.54, 1.807) is 105 Å². The zero-order valence-corrected chi connectivity index (χ0v) is 77.8. The van der Waals surface area contributed by atoms with Gasteiger partial charge in [-0.05, 0) is 178 Å². The Hall–Kier alpha value is -15.7. The van der Waals surface area contributed by atoms with E-state index in [-0.39, 0.29) is 46.0 Å². The van der Waals surface area contributed by atoms with Crippen LogP contribution in [0.15, 0.2) is 328 Å². The summed E-state index contributed by atoms with van der Waals surface area (Å²) in [7, 11) is 15.5. The van der Waals surface area contributed by atoms with Crippen LogP contribution in [-0.2, 0) is 50.7 Å². The van der Waals surface area contributed by atoms with E-state index in [2.05, 4.69) is 10.6 Å². The normalized spacial score (nSPS) is 18.2. The molecular formula is C109H102F2N10O17. The van der Waals surface area contributed by atoms with Crippen LogP contribution in [0.1, 0.15) is 93.1 Å². The van der Waals surface area contributed by atoms with Gasteiger partial charge in [0.05, 0.1) is 97.0 Å². The Balaban J connectivity index is 0.784. The van der Waals surface area contributed by atoms with Gasteiger partial charge in [-0.15, -0.1) is 0 Å². The second kappa shape index (κ2) is 39.3. The molecule has 0 radical (unpaired) electrons. The first-order valence-electron chi connectivity index (χ1n) is 44.6. The van der Waals surface area contributed by atoms with Crippen molar-refractivity contribution in [1.29, 1.82) is 0 Å². The number of alkyl halides is 2. The van der Waals surface area contributed by atoms with Gasteiger partial charge < -0.3 is 86.4 Å². The van der Waals surface area contributed by atoms with Gasteiger partial charge in [0.1, 0.15) is 80.5 Å². The van der Waals surface area contributed by atoms with E-state index in [9.17, 15) is 0 Å². The van der Waals surface area contributed by atoms with Crippen LogP contribution >= 0.6 is 0 Å². The summed E-state index contributed by atoms with van der Waals surface area (Å²) >= 11 is 0. The van der Waals surface area contributed by atoms with E-state index in [0.29, 0.717) is 79.4 Å². The van der Waals surface area contributed by atoms with E-state index in [0.717, 1.165) is 33.4 Å². The van der Waals surface area contributed by atoms with E-state index < -0.39 is 89.9 Å². The third kappa shape index (κ3) is 17.1. The summed E-state index contributed by atoms with van der Waals surface area (Å²) in [6, 6.07) is 98.0. The van der Waals surface area contributed by atoms with Crippen LogP contribution in [0.4, 0.5) is 25.5 Å². The fourth-order valence-electron chi connectivity index (χ4n) is 18.9. The summed E-state index contributed by atoms with van der Waals surface area (Å²) in [6.45, 7) is 1.32. The Labute approximate surface area is 796 Å². The number of methoxy groups -OCH3 is 10. The summed E-state index contributed by atoms with van der Waals surface area (Å²) in [5, 5.41) is 7.48. The molecule has 2 aliphatic rings. The molecule has 0 amide bonds. The molecule has 704 valence electrons. The Morgan fingerprint density at radius 3 is 0.783 bits per heavy atom. The maximum Gasteiger partial charge on any atom is 0.509 e. The minimum atomic E-state index is -2.89. The van der Waals surface area contributed by atoms with Crippen molar-refractivity contribution in [2.75, 3.05) is 94.9 Å². The molecule has 2 saturated heterocycles. The molecule has 2 aliphatic heterocycles. The quantitative estimate of drug-likeness (QED) is 0.0273. The minimum absolute atomic E-state index is 0.00602. The Bertz CT molecular complexity index is 6250. The van der Waals surface area contributed by atoms with Crippen molar-refractivity contribution in [3.8, 4) is 57.8 Å². The zero-order valence-electron chi connectivity index (χ0n) is 77.8. The van der Waals surface area contributed by atoms with Crippen molar-refractivity contribution in [3.63, 3.8) is 0 Å². The van der Waals surface area contributed by atoms with Gasteiger partial charge in [-0.25, -0.2) is 23.5 Å². The number of aromatic nitrogens is 8. The van der Waals surface area contributed by atoms with Gasteiger partial charge in [0, 0.05) is 0 Å². The van der Waals surface area contributed by atoms with Crippen molar-refractivity contribution in [2.24, 2.45) is 0 Å². The Morgan fingerprint density at radius 1 is 0.319 bits per heavy atom. The Kier molecular flexibility index (Phi) is 26.4. The standard InChI is InChI=1S/C109H102F2N10O17/c1-104(110)93(89(65-133-108(75-29-21-15-22-30-75,77-41-57-85(127-7)58-42-77)78-43-59-86(128-8)60-44-78)135-99(104)120-67-112-91-95(120)114-101(116-97(91)131-11)118-106(69-25-17-13-18-26-69,71-33-49-81(123-3)50-34-71)72-35-51-82(124-4)52-36-72)137-103(122)138-94-90(66-134-109(76-31-23-16-24-32-76,79-45-61-87(129-9)62-46-79)80-47-63-88(130-10)64-48-80)136-100(105(94,2)111)121-68-113-92-96(121)115-102(117-98(92)132-12)119-107(70-27-19-14-20-28-70,73-37-53-83(125-5)54-38-73)74-39-55-84(126-6)56-40-74/h13-64,67-68,89-90,93-94,99-100H,65-66H2,1-12H3,(H,114,116,118)(H,115,117,119)/t89-,90-,93-,94-,99-,100-,104-,105-/m1/s1. The summed E-state index contributed by atoms with van der Waals surface area (Å²) in [5.41, 5.74) is -3.27. The van der Waals surface area contributed by atoms with Crippen molar-refractivity contribution in [1.82, 2.24) is 39.0 Å². The number of hydrogen-bond donors (Lipinski definition) is 2. The number of fused-ring (bicyclic) bond motifs is 2. The molecule has 6 heterocycles. The zero-order chi connectivity index (χ0) is 95.9. The number of nitrogens with one attached hydrogen (secondary N) is 2. The second-order valence-corrected chi connectivity index (χ2v) is 33.5. The highest BCUT2D eigenvalue weighted by Gasteiger charge is 2.63. The van der Waals surface area contributed by atoms with Gasteiger partial charge in [0.2, 0.25) is 23.7 Å². The topological polar surface area (TPSA) is 276 Å². The van der Waals surface area contributed by atoms with E-state index >= 15 is 13.6 Å². The fraction of sp³-hybridized carbons (Fsp3) is 0.239. The minimum Gasteiger partial charge on any atom is -0.497 e. The number of carbonyl (C=O) groups excluding carboxylic acids is 1. The van der Waals surface area contributed by atoms with Crippen LogP contribution in [0.2, 0.25) is 0 Å². The monoisotopic (exact) mass is 1860 g/mol. The average molecular weight is 1860 g/mol. The van der Waals surface area contributed by atoms with E-state index in [1.807, 2.05) is 267 Å². The number of imidazole rings is 2. The number of anilines is 2. The summed E-state index contributed by atoms with van der Waals surface area (Å²) < 4.78 is 145. The predicted octanol–water partition coefficient (Wildman–Crippen LogP) is 19.7. The highest BCUT2D eigenvalue weighted by atomic mass is 19.1. The molecule has 0 saturated carbocycles. The van der Waals surface area contributed by atoms with Gasteiger partial charge in [0.15, 0.2) is 58.3 Å². The summed E-state index contributed by atoms with van der Waals surface area (Å²) in [5.74, 6) is 4.55. The number of carbonyl (C=O) groups is 1. The number of halogens is 2. The van der Waals surface area contributed by atoms with Crippen LogP contribution in [0.3, 0.4) is 0 Å². The number of rotatable bonds is 36. The predicted molar refractivity (Wildman–Crippen MR) is 514 cm³/mol. The maximum absolute atomic E-state index is 20.4. The highest BCUT2D eigenvalue weighted by Crippen LogP contribution is 2.53. The van der Waals surface area contributed by atoms with E-state index in [1.165, 1.54) is 49.9 Å². The molecule has 12 aromatic carbocycles. The first-order valence-corrected chi connectivity index (χ1v) is 44.6. The van der Waals surface area contributed by atoms with Crippen LogP contribution in [0.5, 0.6) is 57.8 Å². The molecule has 29 heteroatoms. The molecule has 27 nitrogen and oxygen atoms in total. The van der Waals surface area contributed by atoms with Crippen LogP contribution in [0, 0.1) is 0 Å². The lowest BCUT2D eigenvalue weighted by Crippen LogP contribution is -2.48. The van der Waals surface area contributed by atoms with Gasteiger partial charge in [-0.2, -0.15) is 19.9 Å². The van der Waals surface area contributed by atoms with Crippen molar-refractivity contribution in [3.05, 3.63) is 395 Å². The highest BCUT2D eigenvalue weighted by molar-refractivity contribution is 5.80. The smallest absolute Gasteiger partial charge is 0.497 e. The average Bonchev–Trinajstić information content (AvgIpc) is 1.46. The van der Waals surface area contributed by atoms with Crippen molar-refractivity contribution in [2.45, 2.75) is 84.3 Å². The molecule has 2 N–H and O–H groups in total. The lowest BCUT2D eigenvalue weighted by molar-refractivity contribution is -0.114. The molecule has 138 heavy (non-hydrogen) atoms. The number of nitrogens with zero attached hydrogens (tertiary/aromatic N) is 8. The maximum atomic E-state index is 20.4. The lowest BCUT2D eigenvalue weighted by Gasteiger charge is -2.37. The second-order valence-electron chi connectivity index (χ2n) is 33.5. The van der Waals surface area contributed by atoms with Gasteiger partial charge >= 0.3 is 6.16 Å². The molecule has 0 bridgehead atoms. The SMILES string of the molecule is COc1ccc(C(Nc2nc(OC)c3ncn([C@@H]4O[C@H](COC(c5ccccc5)(c5ccc(OC)cc5)c5ccc(OC)cc5)[C@@H](OC(=O)O[C@@H]5[C@@H](COC(c6ccccc6)(c6ccc(OC)cc6)c6ccc(OC)cc6)O[C@@H](n6cnc7c(OC)nc(NC(c8ccccc8)(c8ccc(OC)cc8)c8ccc(OC)cc8)nc76)[C@]5(C)F)[C@@]4(C)F)c3n2)(c2ccccc2)c2ccc(OC)cc2)cc1. The summed E-state index contributed by atoms with van der Waals surface area (Å²) in [4.78, 5) is 46.6. The molecular weight excluding hydrogens is 1760 g/mol. The fourth-order valence-corrected chi connectivity index (χ4v) is 18.9. The largest absolute Gasteiger partial charge is 0.509 e. The molecule has 0 unspecified atom stereocenters. The lowest BCUT2D eigenvalue weighted by atomic mass is 9.77. The van der Waals surface area contributed by atoms with Crippen LogP contribution in [-0.4, -0.2) is 165 Å². The molecule has 0 aliphatic carbocycles. The third-order valence-corrected chi connectivity index (χ3v) is 25.9. The first-order chi connectivity index (χ1) is 67.2. The number of ether oxygens (including phenoxy) is 16. The number of hydrogen-bond acceptors (Lipinski definition) is 25. The molecule has 0 spiro atoms. The molecule has 18 rings (SSSR count).